The Balaban J connectivity index is 1.73. The number of rotatable bonds is 6. The minimum absolute atomic E-state index is 0.0385. The predicted octanol–water partition coefficient (Wildman–Crippen LogP) is 0.914. The van der Waals surface area contributed by atoms with E-state index >= 15 is 0 Å². The van der Waals surface area contributed by atoms with Gasteiger partial charge in [0.25, 0.3) is 5.91 Å². The van der Waals surface area contributed by atoms with Gasteiger partial charge in [-0.05, 0) is 12.1 Å². The van der Waals surface area contributed by atoms with Crippen molar-refractivity contribution in [3.05, 3.63) is 29.8 Å². The molecule has 1 fully saturated rings. The summed E-state index contributed by atoms with van der Waals surface area (Å²) in [6.45, 7) is 0.464. The number of nitriles is 1. The van der Waals surface area contributed by atoms with Gasteiger partial charge >= 0.3 is 0 Å². The molecule has 0 saturated carbocycles. The lowest BCUT2D eigenvalue weighted by Crippen LogP contribution is -2.38. The average molecular weight is 335 g/mol. The van der Waals surface area contributed by atoms with E-state index in [1.807, 2.05) is 6.07 Å². The fourth-order valence-corrected chi connectivity index (χ4v) is 2.91. The number of nitrogens with zero attached hydrogens (tertiary/aromatic N) is 2. The highest BCUT2D eigenvalue weighted by atomic mass is 32.2. The summed E-state index contributed by atoms with van der Waals surface area (Å²) in [5, 5.41) is 11.6. The molecular formula is C14H13N3O3S2. The van der Waals surface area contributed by atoms with Gasteiger partial charge in [-0.25, -0.2) is 0 Å². The van der Waals surface area contributed by atoms with Gasteiger partial charge in [0.1, 0.15) is 16.1 Å². The van der Waals surface area contributed by atoms with Crippen LogP contribution in [-0.2, 0) is 9.59 Å². The molecule has 1 aromatic carbocycles. The first kappa shape index (κ1) is 16.3. The van der Waals surface area contributed by atoms with Crippen LogP contribution < -0.4 is 10.1 Å². The summed E-state index contributed by atoms with van der Waals surface area (Å²) in [4.78, 5) is 24.7. The molecule has 0 aliphatic carbocycles. The molecule has 0 unspecified atom stereocenters. The van der Waals surface area contributed by atoms with Gasteiger partial charge in [0, 0.05) is 13.1 Å². The Hall–Kier alpha value is -2.11. The summed E-state index contributed by atoms with van der Waals surface area (Å²) in [5.41, 5.74) is 0.375. The molecule has 1 heterocycles. The van der Waals surface area contributed by atoms with Crippen molar-refractivity contribution in [2.24, 2.45) is 0 Å². The van der Waals surface area contributed by atoms with Crippen LogP contribution in [0.3, 0.4) is 0 Å². The van der Waals surface area contributed by atoms with E-state index in [2.05, 4.69) is 5.32 Å². The van der Waals surface area contributed by atoms with Crippen LogP contribution in [0.1, 0.15) is 5.56 Å². The van der Waals surface area contributed by atoms with Gasteiger partial charge in [0.05, 0.1) is 11.3 Å². The van der Waals surface area contributed by atoms with E-state index in [4.69, 9.17) is 22.2 Å². The molecule has 2 amide bonds. The third-order valence-electron chi connectivity index (χ3n) is 2.86. The molecular weight excluding hydrogens is 322 g/mol. The number of thioether (sulfide) groups is 1. The zero-order valence-corrected chi connectivity index (χ0v) is 13.2. The number of nitrogens with one attached hydrogen (secondary N) is 1. The Kier molecular flexibility index (Phi) is 5.75. The molecule has 22 heavy (non-hydrogen) atoms. The summed E-state index contributed by atoms with van der Waals surface area (Å²) in [7, 11) is 0. The Morgan fingerprint density at radius 2 is 2.27 bits per heavy atom. The third-order valence-corrected chi connectivity index (χ3v) is 4.30. The minimum Gasteiger partial charge on any atom is -0.482 e. The quantitative estimate of drug-likeness (QED) is 0.778. The van der Waals surface area contributed by atoms with Crippen LogP contribution in [-0.4, -0.2) is 46.5 Å². The maximum absolute atomic E-state index is 11.7. The fraction of sp³-hybridized carbons (Fsp3) is 0.286. The van der Waals surface area contributed by atoms with E-state index in [9.17, 15) is 9.59 Å². The number of hydrogen-bond donors (Lipinski definition) is 1. The smallest absolute Gasteiger partial charge is 0.258 e. The second kappa shape index (κ2) is 7.77. The second-order valence-corrected chi connectivity index (χ2v) is 5.96. The number of carbonyl (C=O) groups is 2. The lowest BCUT2D eigenvalue weighted by molar-refractivity contribution is -0.125. The molecule has 1 N–H and O–H groups in total. The van der Waals surface area contributed by atoms with Crippen molar-refractivity contribution < 1.29 is 14.3 Å². The van der Waals surface area contributed by atoms with Crippen LogP contribution in [0.25, 0.3) is 0 Å². The summed E-state index contributed by atoms with van der Waals surface area (Å²) >= 11 is 6.36. The van der Waals surface area contributed by atoms with Crippen molar-refractivity contribution in [3.8, 4) is 11.8 Å². The van der Waals surface area contributed by atoms with Crippen molar-refractivity contribution in [2.45, 2.75) is 0 Å². The molecule has 114 valence electrons. The summed E-state index contributed by atoms with van der Waals surface area (Å²) in [5.74, 6) is 0.370. The van der Waals surface area contributed by atoms with Crippen molar-refractivity contribution in [2.75, 3.05) is 25.4 Å². The Labute approximate surface area is 137 Å². The van der Waals surface area contributed by atoms with Crippen LogP contribution in [0.2, 0.25) is 0 Å². The van der Waals surface area contributed by atoms with Crippen LogP contribution in [0, 0.1) is 11.3 Å². The molecule has 0 atom stereocenters. The molecule has 1 aliphatic heterocycles. The molecule has 0 aromatic heterocycles. The SMILES string of the molecule is N#Cc1ccccc1OCC(=O)NCCN1C(=O)CSC1=S. The molecule has 1 aliphatic rings. The number of carbonyl (C=O) groups excluding carboxylic acids is 2. The van der Waals surface area contributed by atoms with Crippen molar-refractivity contribution in [1.82, 2.24) is 10.2 Å². The molecule has 0 radical (unpaired) electrons. The maximum Gasteiger partial charge on any atom is 0.258 e. The van der Waals surface area contributed by atoms with Crippen molar-refractivity contribution in [1.29, 1.82) is 5.26 Å². The van der Waals surface area contributed by atoms with Crippen LogP contribution in [0.5, 0.6) is 5.75 Å². The maximum atomic E-state index is 11.7. The van der Waals surface area contributed by atoms with Crippen molar-refractivity contribution >= 4 is 40.1 Å². The topological polar surface area (TPSA) is 82.4 Å². The van der Waals surface area contributed by atoms with Gasteiger partial charge in [0.2, 0.25) is 5.91 Å². The standard InChI is InChI=1S/C14H13N3O3S2/c15-7-10-3-1-2-4-11(10)20-8-12(18)16-5-6-17-13(19)9-22-14(17)21/h1-4H,5-6,8-9H2,(H,16,18). The Bertz CT molecular complexity index is 626. The van der Waals surface area contributed by atoms with Crippen molar-refractivity contribution in [3.63, 3.8) is 0 Å². The van der Waals surface area contributed by atoms with E-state index < -0.39 is 0 Å². The molecule has 2 rings (SSSR count). The first-order valence-electron chi connectivity index (χ1n) is 6.47. The van der Waals surface area contributed by atoms with E-state index in [0.29, 0.717) is 34.5 Å². The van der Waals surface area contributed by atoms with E-state index in [1.165, 1.54) is 16.7 Å². The number of benzene rings is 1. The number of para-hydroxylation sites is 1. The molecule has 1 saturated heterocycles. The van der Waals surface area contributed by atoms with Gasteiger partial charge in [-0.15, -0.1) is 0 Å². The zero-order valence-electron chi connectivity index (χ0n) is 11.6. The number of hydrogen-bond acceptors (Lipinski definition) is 6. The third kappa shape index (κ3) is 4.19. The summed E-state index contributed by atoms with van der Waals surface area (Å²) < 4.78 is 5.85. The van der Waals surface area contributed by atoms with Gasteiger partial charge in [-0.2, -0.15) is 5.26 Å². The van der Waals surface area contributed by atoms with Gasteiger partial charge in [-0.1, -0.05) is 36.1 Å². The van der Waals surface area contributed by atoms with Gasteiger partial charge in [0.15, 0.2) is 6.61 Å². The Morgan fingerprint density at radius 3 is 2.95 bits per heavy atom. The van der Waals surface area contributed by atoms with Crippen LogP contribution in [0.15, 0.2) is 24.3 Å². The number of ether oxygens (including phenoxy) is 1. The van der Waals surface area contributed by atoms with Gasteiger partial charge in [-0.3, -0.25) is 14.5 Å². The molecule has 6 nitrogen and oxygen atoms in total. The monoisotopic (exact) mass is 335 g/mol. The van der Waals surface area contributed by atoms with E-state index in [-0.39, 0.29) is 18.4 Å². The highest BCUT2D eigenvalue weighted by Crippen LogP contribution is 2.18. The Morgan fingerprint density at radius 1 is 1.50 bits per heavy atom. The summed E-state index contributed by atoms with van der Waals surface area (Å²) in [6.07, 6.45) is 0. The minimum atomic E-state index is -0.321. The lowest BCUT2D eigenvalue weighted by Gasteiger charge is -2.15. The van der Waals surface area contributed by atoms with Gasteiger partial charge < -0.3 is 10.1 Å². The lowest BCUT2D eigenvalue weighted by atomic mass is 10.2. The van der Waals surface area contributed by atoms with E-state index in [0.717, 1.165) is 0 Å². The van der Waals surface area contributed by atoms with Crippen LogP contribution in [0.4, 0.5) is 0 Å². The second-order valence-electron chi connectivity index (χ2n) is 4.35. The molecule has 8 heteroatoms. The van der Waals surface area contributed by atoms with Crippen LogP contribution >= 0.6 is 24.0 Å². The molecule has 1 aromatic rings. The summed E-state index contributed by atoms with van der Waals surface area (Å²) in [6, 6.07) is 8.69. The predicted molar refractivity (Wildman–Crippen MR) is 86.4 cm³/mol. The average Bonchev–Trinajstić information content (AvgIpc) is 2.85. The number of thiocarbonyl (C=S) groups is 1. The normalized spacial score (nSPS) is 13.9. The molecule has 0 bridgehead atoms. The highest BCUT2D eigenvalue weighted by Gasteiger charge is 2.25. The highest BCUT2D eigenvalue weighted by molar-refractivity contribution is 8.23. The zero-order chi connectivity index (χ0) is 15.9. The van der Waals surface area contributed by atoms with E-state index in [1.54, 1.807) is 24.3 Å². The molecule has 0 spiro atoms. The largest absolute Gasteiger partial charge is 0.482 e. The fourth-order valence-electron chi connectivity index (χ4n) is 1.78. The first-order valence-corrected chi connectivity index (χ1v) is 7.87. The first-order chi connectivity index (χ1) is 10.6. The number of amides is 2.